The van der Waals surface area contributed by atoms with E-state index >= 15 is 0 Å². The van der Waals surface area contributed by atoms with Gasteiger partial charge in [0.05, 0.1) is 36.6 Å². The van der Waals surface area contributed by atoms with E-state index in [9.17, 15) is 24.0 Å². The van der Waals surface area contributed by atoms with Gasteiger partial charge < -0.3 is 14.8 Å². The van der Waals surface area contributed by atoms with E-state index in [4.69, 9.17) is 4.74 Å². The fraction of sp³-hybridized carbons (Fsp3) is 0.381. The number of anilines is 1. The number of ether oxygens (including phenoxy) is 2. The van der Waals surface area contributed by atoms with Gasteiger partial charge >= 0.3 is 11.9 Å². The van der Waals surface area contributed by atoms with Crippen LogP contribution in [0.2, 0.25) is 0 Å². The van der Waals surface area contributed by atoms with Crippen molar-refractivity contribution in [2.24, 2.45) is 11.8 Å². The van der Waals surface area contributed by atoms with Crippen LogP contribution in [0.3, 0.4) is 0 Å². The number of rotatable bonds is 7. The minimum atomic E-state index is -0.708. The van der Waals surface area contributed by atoms with Gasteiger partial charge in [0.2, 0.25) is 11.8 Å². The monoisotopic (exact) mass is 414 g/mol. The average Bonchev–Trinajstić information content (AvgIpc) is 3.00. The Balaban J connectivity index is 1.46. The second-order valence-electron chi connectivity index (χ2n) is 6.98. The van der Waals surface area contributed by atoms with Crippen LogP contribution in [0.25, 0.3) is 0 Å². The molecule has 1 heterocycles. The number of para-hydroxylation sites is 1. The lowest BCUT2D eigenvalue weighted by Crippen LogP contribution is -2.33. The molecule has 0 spiro atoms. The third-order valence-electron chi connectivity index (χ3n) is 5.11. The molecule has 2 atom stereocenters. The van der Waals surface area contributed by atoms with Crippen LogP contribution < -0.4 is 5.32 Å². The molecule has 1 aromatic carbocycles. The van der Waals surface area contributed by atoms with Gasteiger partial charge in [0.25, 0.3) is 5.91 Å². The van der Waals surface area contributed by atoms with Crippen LogP contribution in [0.1, 0.15) is 29.6 Å². The van der Waals surface area contributed by atoms with Gasteiger partial charge in [0.1, 0.15) is 0 Å². The van der Waals surface area contributed by atoms with E-state index < -0.39 is 24.5 Å². The fourth-order valence-electron chi connectivity index (χ4n) is 3.58. The van der Waals surface area contributed by atoms with E-state index in [0.717, 1.165) is 4.90 Å². The maximum atomic E-state index is 12.4. The highest BCUT2D eigenvalue weighted by Gasteiger charge is 2.46. The molecule has 0 bridgehead atoms. The molecule has 0 unspecified atom stereocenters. The average molecular weight is 414 g/mol. The van der Waals surface area contributed by atoms with Gasteiger partial charge in [0, 0.05) is 6.54 Å². The molecule has 9 heteroatoms. The first-order valence-corrected chi connectivity index (χ1v) is 9.55. The number of carbonyl (C=O) groups excluding carboxylic acids is 5. The minimum Gasteiger partial charge on any atom is -0.465 e. The number of esters is 2. The molecule has 0 radical (unpaired) electrons. The molecule has 1 aromatic rings. The molecule has 3 amide bonds. The first-order valence-electron chi connectivity index (χ1n) is 9.55. The van der Waals surface area contributed by atoms with Gasteiger partial charge in [-0.3, -0.25) is 24.1 Å². The summed E-state index contributed by atoms with van der Waals surface area (Å²) in [6.45, 7) is -0.637. The summed E-state index contributed by atoms with van der Waals surface area (Å²) in [6.07, 6.45) is 4.64. The second kappa shape index (κ2) is 9.34. The van der Waals surface area contributed by atoms with E-state index in [1.807, 2.05) is 12.2 Å². The summed E-state index contributed by atoms with van der Waals surface area (Å²) < 4.78 is 9.57. The standard InChI is InChI=1S/C21H22N2O7/c1-29-21(28)15-8-4-5-9-16(15)22-17(24)12-30-18(25)10-11-23-19(26)13-6-2-3-7-14(13)20(23)27/h2-5,8-9,13-14H,6-7,10-12H2,1H3,(H,22,24)/t13-,14-/m1/s1. The van der Waals surface area contributed by atoms with E-state index in [1.54, 1.807) is 12.1 Å². The Kier molecular flexibility index (Phi) is 6.61. The largest absolute Gasteiger partial charge is 0.465 e. The van der Waals surface area contributed by atoms with Crippen molar-refractivity contribution < 1.29 is 33.4 Å². The summed E-state index contributed by atoms with van der Waals surface area (Å²) >= 11 is 0. The number of hydrogen-bond donors (Lipinski definition) is 1. The van der Waals surface area contributed by atoms with Crippen molar-refractivity contribution >= 4 is 35.3 Å². The molecule has 0 saturated carbocycles. The zero-order chi connectivity index (χ0) is 21.7. The van der Waals surface area contributed by atoms with Crippen molar-refractivity contribution in [3.05, 3.63) is 42.0 Å². The zero-order valence-electron chi connectivity index (χ0n) is 16.5. The van der Waals surface area contributed by atoms with Crippen molar-refractivity contribution in [1.82, 2.24) is 4.90 Å². The van der Waals surface area contributed by atoms with Gasteiger partial charge in [-0.2, -0.15) is 0 Å². The molecule has 158 valence electrons. The Morgan fingerprint density at radius 3 is 2.33 bits per heavy atom. The van der Waals surface area contributed by atoms with Crippen molar-refractivity contribution in [3.8, 4) is 0 Å². The summed E-state index contributed by atoms with van der Waals surface area (Å²) in [6, 6.07) is 6.26. The molecular formula is C21H22N2O7. The van der Waals surface area contributed by atoms with Gasteiger partial charge in [-0.1, -0.05) is 24.3 Å². The minimum absolute atomic E-state index is 0.0731. The fourth-order valence-corrected chi connectivity index (χ4v) is 3.58. The molecule has 1 aliphatic heterocycles. The van der Waals surface area contributed by atoms with Crippen molar-refractivity contribution in [1.29, 1.82) is 0 Å². The molecule has 1 N–H and O–H groups in total. The molecule has 30 heavy (non-hydrogen) atoms. The predicted molar refractivity (Wildman–Crippen MR) is 104 cm³/mol. The number of hydrogen-bond acceptors (Lipinski definition) is 7. The van der Waals surface area contributed by atoms with E-state index in [1.165, 1.54) is 19.2 Å². The summed E-state index contributed by atoms with van der Waals surface area (Å²) in [7, 11) is 1.23. The highest BCUT2D eigenvalue weighted by Crippen LogP contribution is 2.35. The van der Waals surface area contributed by atoms with Gasteiger partial charge in [-0.05, 0) is 25.0 Å². The molecule has 1 saturated heterocycles. The molecule has 2 aliphatic rings. The first-order chi connectivity index (χ1) is 14.4. The first kappa shape index (κ1) is 21.2. The predicted octanol–water partition coefficient (Wildman–Crippen LogP) is 1.30. The number of nitrogens with zero attached hydrogens (tertiary/aromatic N) is 1. The smallest absolute Gasteiger partial charge is 0.339 e. The van der Waals surface area contributed by atoms with E-state index in [0.29, 0.717) is 12.8 Å². The summed E-state index contributed by atoms with van der Waals surface area (Å²) in [4.78, 5) is 61.6. The molecule has 3 rings (SSSR count). The quantitative estimate of drug-likeness (QED) is 0.406. The van der Waals surface area contributed by atoms with Crippen LogP contribution in [0.5, 0.6) is 0 Å². The highest BCUT2D eigenvalue weighted by atomic mass is 16.5. The van der Waals surface area contributed by atoms with Gasteiger partial charge in [-0.15, -0.1) is 0 Å². The van der Waals surface area contributed by atoms with Crippen LogP contribution in [-0.4, -0.2) is 54.8 Å². The lowest BCUT2D eigenvalue weighted by atomic mass is 9.85. The lowest BCUT2D eigenvalue weighted by molar-refractivity contribution is -0.148. The third-order valence-corrected chi connectivity index (χ3v) is 5.11. The Morgan fingerprint density at radius 1 is 1.07 bits per heavy atom. The number of carbonyl (C=O) groups is 5. The van der Waals surface area contributed by atoms with Crippen LogP contribution in [0, 0.1) is 11.8 Å². The van der Waals surface area contributed by atoms with Gasteiger partial charge in [-0.25, -0.2) is 4.79 Å². The molecular weight excluding hydrogens is 392 g/mol. The van der Waals surface area contributed by atoms with Gasteiger partial charge in [0.15, 0.2) is 6.61 Å². The number of methoxy groups -OCH3 is 1. The normalized spacial score (nSPS) is 20.0. The van der Waals surface area contributed by atoms with Crippen molar-refractivity contribution in [2.45, 2.75) is 19.3 Å². The Morgan fingerprint density at radius 2 is 1.70 bits per heavy atom. The Hall–Kier alpha value is -3.49. The van der Waals surface area contributed by atoms with E-state index in [-0.39, 0.29) is 47.9 Å². The number of amides is 3. The van der Waals surface area contributed by atoms with Crippen molar-refractivity contribution in [3.63, 3.8) is 0 Å². The second-order valence-corrected chi connectivity index (χ2v) is 6.98. The Bertz CT molecular complexity index is 882. The third kappa shape index (κ3) is 4.56. The maximum Gasteiger partial charge on any atom is 0.339 e. The number of nitrogens with one attached hydrogen (secondary N) is 1. The molecule has 1 fully saturated rings. The maximum absolute atomic E-state index is 12.4. The van der Waals surface area contributed by atoms with Crippen molar-refractivity contribution in [2.75, 3.05) is 25.6 Å². The summed E-state index contributed by atoms with van der Waals surface area (Å²) in [5.41, 5.74) is 0.400. The topological polar surface area (TPSA) is 119 Å². The molecule has 9 nitrogen and oxygen atoms in total. The Labute approximate surface area is 173 Å². The van der Waals surface area contributed by atoms with E-state index in [2.05, 4.69) is 10.1 Å². The highest BCUT2D eigenvalue weighted by molar-refractivity contribution is 6.05. The van der Waals surface area contributed by atoms with Crippen LogP contribution in [0.4, 0.5) is 5.69 Å². The zero-order valence-corrected chi connectivity index (χ0v) is 16.5. The van der Waals surface area contributed by atoms with Crippen LogP contribution in [0.15, 0.2) is 36.4 Å². The number of allylic oxidation sites excluding steroid dienone is 2. The molecule has 1 aliphatic carbocycles. The summed E-state index contributed by atoms with van der Waals surface area (Å²) in [5, 5.41) is 2.48. The SMILES string of the molecule is COC(=O)c1ccccc1NC(=O)COC(=O)CCN1C(=O)[C@@H]2CC=CC[C@H]2C1=O. The number of imide groups is 1. The molecule has 0 aromatic heterocycles. The van der Waals surface area contributed by atoms with Crippen LogP contribution >= 0.6 is 0 Å². The number of fused-ring (bicyclic) bond motifs is 1. The van der Waals surface area contributed by atoms with Crippen LogP contribution in [-0.2, 0) is 28.7 Å². The number of benzene rings is 1. The summed E-state index contributed by atoms with van der Waals surface area (Å²) in [5.74, 6) is -3.18. The number of likely N-dealkylation sites (tertiary alicyclic amines) is 1. The lowest BCUT2D eigenvalue weighted by Gasteiger charge is -2.14.